The Hall–Kier alpha value is -1.22. The van der Waals surface area contributed by atoms with Gasteiger partial charge in [0.1, 0.15) is 11.5 Å². The fourth-order valence-electron chi connectivity index (χ4n) is 2.01. The molecule has 2 aromatic rings. The predicted octanol–water partition coefficient (Wildman–Crippen LogP) is 5.28. The van der Waals surface area contributed by atoms with Crippen molar-refractivity contribution in [1.29, 1.82) is 0 Å². The molecule has 112 valence electrons. The molecule has 4 heteroatoms. The first-order chi connectivity index (χ1) is 10.0. The maximum absolute atomic E-state index is 6.09. The zero-order valence-corrected chi connectivity index (χ0v) is 13.8. The molecule has 0 fully saturated rings. The number of benzene rings is 2. The second-order valence-electron chi connectivity index (χ2n) is 5.23. The highest BCUT2D eigenvalue weighted by molar-refractivity contribution is 6.35. The van der Waals surface area contributed by atoms with Crippen molar-refractivity contribution in [2.75, 3.05) is 20.6 Å². The molecule has 2 nitrogen and oxygen atoms in total. The van der Waals surface area contributed by atoms with E-state index >= 15 is 0 Å². The first kappa shape index (κ1) is 16.2. The summed E-state index contributed by atoms with van der Waals surface area (Å²) in [5.74, 6) is 1.39. The first-order valence-corrected chi connectivity index (χ1v) is 7.67. The third-order valence-corrected chi connectivity index (χ3v) is 3.65. The second kappa shape index (κ2) is 7.69. The standard InChI is InChI=1S/C17H19Cl2NO/c1-20(2)11-3-4-13-5-8-15(9-6-13)21-17-10-7-14(18)12-16(17)19/h5-10,12H,3-4,11H2,1-2H3. The molecular formula is C17H19Cl2NO. The number of hydrogen-bond acceptors (Lipinski definition) is 2. The van der Waals surface area contributed by atoms with Crippen LogP contribution in [-0.2, 0) is 6.42 Å². The van der Waals surface area contributed by atoms with Gasteiger partial charge in [-0.1, -0.05) is 35.3 Å². The second-order valence-corrected chi connectivity index (χ2v) is 6.07. The van der Waals surface area contributed by atoms with E-state index in [1.807, 2.05) is 12.1 Å². The van der Waals surface area contributed by atoms with Gasteiger partial charge in [-0.3, -0.25) is 0 Å². The minimum atomic E-state index is 0.512. The Morgan fingerprint density at radius 2 is 1.71 bits per heavy atom. The molecule has 0 aliphatic rings. The van der Waals surface area contributed by atoms with Crippen molar-refractivity contribution in [3.05, 3.63) is 58.1 Å². The molecule has 0 bridgehead atoms. The Labute approximate surface area is 136 Å². The Morgan fingerprint density at radius 1 is 1.00 bits per heavy atom. The summed E-state index contributed by atoms with van der Waals surface area (Å²) in [5.41, 5.74) is 1.31. The maximum atomic E-state index is 6.09. The molecule has 0 amide bonds. The SMILES string of the molecule is CN(C)CCCc1ccc(Oc2ccc(Cl)cc2Cl)cc1. The minimum Gasteiger partial charge on any atom is -0.456 e. The zero-order chi connectivity index (χ0) is 15.2. The lowest BCUT2D eigenvalue weighted by molar-refractivity contribution is 0.400. The molecule has 0 saturated heterocycles. The van der Waals surface area contributed by atoms with Crippen LogP contribution in [0.5, 0.6) is 11.5 Å². The van der Waals surface area contributed by atoms with Crippen LogP contribution in [0.2, 0.25) is 10.0 Å². The fraction of sp³-hybridized carbons (Fsp3) is 0.294. The number of halogens is 2. The summed E-state index contributed by atoms with van der Waals surface area (Å²) < 4.78 is 5.76. The minimum absolute atomic E-state index is 0.512. The highest BCUT2D eigenvalue weighted by Crippen LogP contribution is 2.31. The van der Waals surface area contributed by atoms with Crippen LogP contribution in [0, 0.1) is 0 Å². The van der Waals surface area contributed by atoms with Crippen LogP contribution in [0.4, 0.5) is 0 Å². The van der Waals surface area contributed by atoms with Crippen molar-refractivity contribution in [3.8, 4) is 11.5 Å². The van der Waals surface area contributed by atoms with E-state index in [0.29, 0.717) is 15.8 Å². The van der Waals surface area contributed by atoms with Crippen LogP contribution in [-0.4, -0.2) is 25.5 Å². The van der Waals surface area contributed by atoms with Gasteiger partial charge in [-0.2, -0.15) is 0 Å². The maximum Gasteiger partial charge on any atom is 0.146 e. The van der Waals surface area contributed by atoms with E-state index in [1.165, 1.54) is 5.56 Å². The fourth-order valence-corrected chi connectivity index (χ4v) is 2.46. The molecule has 0 aliphatic carbocycles. The van der Waals surface area contributed by atoms with E-state index in [9.17, 15) is 0 Å². The summed E-state index contributed by atoms with van der Waals surface area (Å²) in [6, 6.07) is 13.3. The molecule has 2 rings (SSSR count). The van der Waals surface area contributed by atoms with Gasteiger partial charge in [0.2, 0.25) is 0 Å². The molecule has 0 radical (unpaired) electrons. The van der Waals surface area contributed by atoms with Crippen LogP contribution >= 0.6 is 23.2 Å². The van der Waals surface area contributed by atoms with Gasteiger partial charge in [-0.15, -0.1) is 0 Å². The molecule has 0 heterocycles. The van der Waals surface area contributed by atoms with E-state index in [-0.39, 0.29) is 0 Å². The number of hydrogen-bond donors (Lipinski definition) is 0. The Bertz CT molecular complexity index is 582. The molecule has 0 N–H and O–H groups in total. The third kappa shape index (κ3) is 5.24. The van der Waals surface area contributed by atoms with Gasteiger partial charge in [-0.25, -0.2) is 0 Å². The van der Waals surface area contributed by atoms with E-state index in [0.717, 1.165) is 25.1 Å². The number of aryl methyl sites for hydroxylation is 1. The summed E-state index contributed by atoms with van der Waals surface area (Å²) >= 11 is 12.0. The molecule has 0 unspecified atom stereocenters. The number of ether oxygens (including phenoxy) is 1. The number of rotatable bonds is 6. The largest absolute Gasteiger partial charge is 0.456 e. The van der Waals surface area contributed by atoms with Gasteiger partial charge in [0.15, 0.2) is 0 Å². The lowest BCUT2D eigenvalue weighted by Gasteiger charge is -2.10. The summed E-state index contributed by atoms with van der Waals surface area (Å²) in [6.07, 6.45) is 2.22. The normalized spacial score (nSPS) is 10.9. The van der Waals surface area contributed by atoms with Gasteiger partial charge in [0, 0.05) is 5.02 Å². The molecule has 0 aromatic heterocycles. The van der Waals surface area contributed by atoms with E-state index < -0.39 is 0 Å². The molecule has 0 atom stereocenters. The highest BCUT2D eigenvalue weighted by atomic mass is 35.5. The monoisotopic (exact) mass is 323 g/mol. The molecular weight excluding hydrogens is 305 g/mol. The summed E-state index contributed by atoms with van der Waals surface area (Å²) in [6.45, 7) is 1.10. The van der Waals surface area contributed by atoms with Crippen LogP contribution < -0.4 is 4.74 Å². The van der Waals surface area contributed by atoms with Gasteiger partial charge in [0.25, 0.3) is 0 Å². The highest BCUT2D eigenvalue weighted by Gasteiger charge is 2.04. The summed E-state index contributed by atoms with van der Waals surface area (Å²) in [4.78, 5) is 2.19. The van der Waals surface area contributed by atoms with Crippen molar-refractivity contribution in [2.45, 2.75) is 12.8 Å². The third-order valence-electron chi connectivity index (χ3n) is 3.12. The molecule has 21 heavy (non-hydrogen) atoms. The van der Waals surface area contributed by atoms with Gasteiger partial charge >= 0.3 is 0 Å². The van der Waals surface area contributed by atoms with Crippen molar-refractivity contribution in [2.24, 2.45) is 0 Å². The van der Waals surface area contributed by atoms with E-state index in [2.05, 4.69) is 31.1 Å². The molecule has 0 saturated carbocycles. The van der Waals surface area contributed by atoms with Crippen molar-refractivity contribution < 1.29 is 4.74 Å². The van der Waals surface area contributed by atoms with Crippen LogP contribution in [0.15, 0.2) is 42.5 Å². The zero-order valence-electron chi connectivity index (χ0n) is 12.3. The Balaban J connectivity index is 1.95. The van der Waals surface area contributed by atoms with E-state index in [1.54, 1.807) is 18.2 Å². The first-order valence-electron chi connectivity index (χ1n) is 6.91. The van der Waals surface area contributed by atoms with Gasteiger partial charge in [-0.05, 0) is 69.4 Å². The quantitative estimate of drug-likeness (QED) is 0.717. The molecule has 2 aromatic carbocycles. The average molecular weight is 324 g/mol. The van der Waals surface area contributed by atoms with Gasteiger partial charge < -0.3 is 9.64 Å². The van der Waals surface area contributed by atoms with Crippen LogP contribution in [0.25, 0.3) is 0 Å². The summed E-state index contributed by atoms with van der Waals surface area (Å²) in [7, 11) is 4.18. The Morgan fingerprint density at radius 3 is 2.33 bits per heavy atom. The predicted molar refractivity (Wildman–Crippen MR) is 89.9 cm³/mol. The lowest BCUT2D eigenvalue weighted by Crippen LogP contribution is -2.13. The topological polar surface area (TPSA) is 12.5 Å². The number of nitrogens with zero attached hydrogens (tertiary/aromatic N) is 1. The lowest BCUT2D eigenvalue weighted by atomic mass is 10.1. The van der Waals surface area contributed by atoms with Crippen LogP contribution in [0.1, 0.15) is 12.0 Å². The average Bonchev–Trinajstić information content (AvgIpc) is 2.43. The van der Waals surface area contributed by atoms with E-state index in [4.69, 9.17) is 27.9 Å². The van der Waals surface area contributed by atoms with Crippen molar-refractivity contribution >= 4 is 23.2 Å². The smallest absolute Gasteiger partial charge is 0.146 e. The molecule has 0 spiro atoms. The van der Waals surface area contributed by atoms with Crippen molar-refractivity contribution in [1.82, 2.24) is 4.90 Å². The summed E-state index contributed by atoms with van der Waals surface area (Å²) in [5, 5.41) is 1.11. The van der Waals surface area contributed by atoms with Gasteiger partial charge in [0.05, 0.1) is 5.02 Å². The van der Waals surface area contributed by atoms with Crippen molar-refractivity contribution in [3.63, 3.8) is 0 Å². The molecule has 0 aliphatic heterocycles. The van der Waals surface area contributed by atoms with Crippen LogP contribution in [0.3, 0.4) is 0 Å². The Kier molecular flexibility index (Phi) is 5.92.